The maximum Gasteiger partial charge on any atom is 0.283 e. The van der Waals surface area contributed by atoms with E-state index in [1.54, 1.807) is 12.1 Å². The third-order valence-corrected chi connectivity index (χ3v) is 4.10. The Kier molecular flexibility index (Phi) is 4.76. The molecule has 0 saturated carbocycles. The van der Waals surface area contributed by atoms with E-state index < -0.39 is 4.92 Å². The monoisotopic (exact) mass is 433 g/mol. The molecule has 2 aromatic carbocycles. The summed E-state index contributed by atoms with van der Waals surface area (Å²) < 4.78 is 7.20. The third kappa shape index (κ3) is 3.66. The quantitative estimate of drug-likeness (QED) is 0.404. The van der Waals surface area contributed by atoms with E-state index in [0.29, 0.717) is 4.47 Å². The van der Waals surface area contributed by atoms with Crippen LogP contribution >= 0.6 is 38.5 Å². The third-order valence-electron chi connectivity index (χ3n) is 2.46. The second-order valence-corrected chi connectivity index (χ2v) is 5.79. The van der Waals surface area contributed by atoms with Crippen LogP contribution in [0.4, 0.5) is 5.69 Å². The van der Waals surface area contributed by atoms with Gasteiger partial charge in [-0.15, -0.1) is 0 Å². The standard InChI is InChI=1S/C13H9BrINO3/c14-13-9(2-1-3-12(13)16(17)18)8-19-11-6-4-10(15)5-7-11/h1-7H,8H2. The Bertz CT molecular complexity index is 601. The van der Waals surface area contributed by atoms with E-state index in [-0.39, 0.29) is 12.3 Å². The Morgan fingerprint density at radius 3 is 2.53 bits per heavy atom. The molecule has 2 rings (SSSR count). The van der Waals surface area contributed by atoms with Crippen molar-refractivity contribution in [2.45, 2.75) is 6.61 Å². The van der Waals surface area contributed by atoms with Crippen LogP contribution in [-0.4, -0.2) is 4.92 Å². The van der Waals surface area contributed by atoms with E-state index in [1.807, 2.05) is 24.3 Å². The molecule has 0 radical (unpaired) electrons. The molecule has 0 amide bonds. The van der Waals surface area contributed by atoms with Gasteiger partial charge in [0.2, 0.25) is 0 Å². The first-order chi connectivity index (χ1) is 9.08. The first-order valence-electron chi connectivity index (χ1n) is 5.38. The summed E-state index contributed by atoms with van der Waals surface area (Å²) in [5.41, 5.74) is 0.788. The minimum absolute atomic E-state index is 0.0451. The number of halogens is 2. The van der Waals surface area contributed by atoms with E-state index in [0.717, 1.165) is 14.9 Å². The maximum atomic E-state index is 10.8. The summed E-state index contributed by atoms with van der Waals surface area (Å²) in [4.78, 5) is 10.4. The zero-order chi connectivity index (χ0) is 13.8. The fourth-order valence-electron chi connectivity index (χ4n) is 1.51. The van der Waals surface area contributed by atoms with E-state index in [2.05, 4.69) is 38.5 Å². The first-order valence-corrected chi connectivity index (χ1v) is 7.25. The molecule has 0 aliphatic heterocycles. The molecule has 0 atom stereocenters. The van der Waals surface area contributed by atoms with Crippen LogP contribution in [0.5, 0.6) is 5.75 Å². The summed E-state index contributed by atoms with van der Waals surface area (Å²) in [7, 11) is 0. The van der Waals surface area contributed by atoms with Gasteiger partial charge in [0.25, 0.3) is 5.69 Å². The summed E-state index contributed by atoms with van der Waals surface area (Å²) in [6.07, 6.45) is 0. The fourth-order valence-corrected chi connectivity index (χ4v) is 2.39. The topological polar surface area (TPSA) is 52.4 Å². The number of nitro benzene ring substituents is 1. The number of hydrogen-bond donors (Lipinski definition) is 0. The maximum absolute atomic E-state index is 10.8. The SMILES string of the molecule is O=[N+]([O-])c1cccc(COc2ccc(I)cc2)c1Br. The lowest BCUT2D eigenvalue weighted by Crippen LogP contribution is -1.99. The average Bonchev–Trinajstić information content (AvgIpc) is 2.39. The molecule has 6 heteroatoms. The Morgan fingerprint density at radius 1 is 1.21 bits per heavy atom. The molecule has 0 aliphatic rings. The van der Waals surface area contributed by atoms with Gasteiger partial charge < -0.3 is 4.74 Å². The lowest BCUT2D eigenvalue weighted by atomic mass is 10.2. The van der Waals surface area contributed by atoms with Crippen LogP contribution in [0.2, 0.25) is 0 Å². The van der Waals surface area contributed by atoms with Crippen molar-refractivity contribution in [3.05, 3.63) is 66.2 Å². The summed E-state index contributed by atoms with van der Waals surface area (Å²) in [6.45, 7) is 0.281. The zero-order valence-corrected chi connectivity index (χ0v) is 13.4. The van der Waals surface area contributed by atoms with Crippen molar-refractivity contribution in [2.75, 3.05) is 0 Å². The van der Waals surface area contributed by atoms with Crippen molar-refractivity contribution in [3.63, 3.8) is 0 Å². The molecule has 0 aromatic heterocycles. The molecule has 0 unspecified atom stereocenters. The van der Waals surface area contributed by atoms with Crippen molar-refractivity contribution >= 4 is 44.2 Å². The summed E-state index contributed by atoms with van der Waals surface area (Å²) in [5.74, 6) is 0.735. The van der Waals surface area contributed by atoms with Crippen molar-refractivity contribution in [3.8, 4) is 5.75 Å². The molecule has 0 bridgehead atoms. The highest BCUT2D eigenvalue weighted by atomic mass is 127. The van der Waals surface area contributed by atoms with Crippen LogP contribution in [0.25, 0.3) is 0 Å². The molecular formula is C13H9BrINO3. The fraction of sp³-hybridized carbons (Fsp3) is 0.0769. The molecule has 2 aromatic rings. The van der Waals surface area contributed by atoms with Crippen molar-refractivity contribution in [1.29, 1.82) is 0 Å². The number of benzene rings is 2. The highest BCUT2D eigenvalue weighted by molar-refractivity contribution is 14.1. The van der Waals surface area contributed by atoms with Crippen molar-refractivity contribution < 1.29 is 9.66 Å². The van der Waals surface area contributed by atoms with Crippen LogP contribution in [0.3, 0.4) is 0 Å². The molecule has 19 heavy (non-hydrogen) atoms. The summed E-state index contributed by atoms with van der Waals surface area (Å²) >= 11 is 5.46. The lowest BCUT2D eigenvalue weighted by Gasteiger charge is -2.08. The zero-order valence-electron chi connectivity index (χ0n) is 9.68. The second kappa shape index (κ2) is 6.33. The molecule has 0 spiro atoms. The predicted molar refractivity (Wildman–Crippen MR) is 84.3 cm³/mol. The first kappa shape index (κ1) is 14.3. The second-order valence-electron chi connectivity index (χ2n) is 3.75. The predicted octanol–water partition coefficient (Wildman–Crippen LogP) is 4.54. The smallest absolute Gasteiger partial charge is 0.283 e. The Hall–Kier alpha value is -1.15. The minimum Gasteiger partial charge on any atom is -0.489 e. The summed E-state index contributed by atoms with van der Waals surface area (Å²) in [6, 6.07) is 12.5. The molecule has 0 aliphatic carbocycles. The van der Waals surface area contributed by atoms with E-state index >= 15 is 0 Å². The molecule has 0 fully saturated rings. The minimum atomic E-state index is -0.418. The van der Waals surface area contributed by atoms with Gasteiger partial charge in [-0.05, 0) is 62.8 Å². The van der Waals surface area contributed by atoms with Crippen molar-refractivity contribution in [2.24, 2.45) is 0 Å². The van der Waals surface area contributed by atoms with Crippen LogP contribution in [0.1, 0.15) is 5.56 Å². The van der Waals surface area contributed by atoms with Gasteiger partial charge in [-0.25, -0.2) is 0 Å². The Balaban J connectivity index is 2.13. The highest BCUT2D eigenvalue weighted by Crippen LogP contribution is 2.29. The van der Waals surface area contributed by atoms with Crippen LogP contribution in [-0.2, 0) is 6.61 Å². The summed E-state index contributed by atoms with van der Waals surface area (Å²) in [5, 5.41) is 10.8. The van der Waals surface area contributed by atoms with Gasteiger partial charge in [0.05, 0.1) is 4.92 Å². The van der Waals surface area contributed by atoms with Crippen LogP contribution in [0, 0.1) is 13.7 Å². The van der Waals surface area contributed by atoms with Gasteiger partial charge in [-0.2, -0.15) is 0 Å². The van der Waals surface area contributed by atoms with E-state index in [4.69, 9.17) is 4.74 Å². The largest absolute Gasteiger partial charge is 0.489 e. The van der Waals surface area contributed by atoms with Crippen LogP contribution in [0.15, 0.2) is 46.9 Å². The number of ether oxygens (including phenoxy) is 1. The van der Waals surface area contributed by atoms with Gasteiger partial charge in [0.15, 0.2) is 0 Å². The molecule has 0 saturated heterocycles. The van der Waals surface area contributed by atoms with Gasteiger partial charge in [-0.1, -0.05) is 12.1 Å². The van der Waals surface area contributed by atoms with Gasteiger partial charge in [-0.3, -0.25) is 10.1 Å². The van der Waals surface area contributed by atoms with Gasteiger partial charge >= 0.3 is 0 Å². The number of nitrogens with zero attached hydrogens (tertiary/aromatic N) is 1. The molecule has 4 nitrogen and oxygen atoms in total. The molecule has 0 heterocycles. The van der Waals surface area contributed by atoms with E-state index in [1.165, 1.54) is 6.07 Å². The lowest BCUT2D eigenvalue weighted by molar-refractivity contribution is -0.385. The Morgan fingerprint density at radius 2 is 1.89 bits per heavy atom. The molecule has 0 N–H and O–H groups in total. The number of rotatable bonds is 4. The van der Waals surface area contributed by atoms with Crippen LogP contribution < -0.4 is 4.74 Å². The normalized spacial score (nSPS) is 10.2. The highest BCUT2D eigenvalue weighted by Gasteiger charge is 2.14. The van der Waals surface area contributed by atoms with Gasteiger partial charge in [0.1, 0.15) is 16.8 Å². The number of nitro groups is 1. The van der Waals surface area contributed by atoms with Gasteiger partial charge in [0, 0.05) is 15.2 Å². The van der Waals surface area contributed by atoms with Crippen molar-refractivity contribution in [1.82, 2.24) is 0 Å². The number of hydrogen-bond acceptors (Lipinski definition) is 3. The Labute approximate surface area is 132 Å². The average molecular weight is 434 g/mol. The molecule has 98 valence electrons. The van der Waals surface area contributed by atoms with E-state index in [9.17, 15) is 10.1 Å². The molecular weight excluding hydrogens is 425 g/mol.